The van der Waals surface area contributed by atoms with Crippen molar-refractivity contribution in [3.8, 4) is 0 Å². The number of nitrogens with one attached hydrogen (secondary N) is 1. The molecule has 104 valence electrons. The third kappa shape index (κ3) is 2.77. The van der Waals surface area contributed by atoms with Crippen molar-refractivity contribution in [3.63, 3.8) is 0 Å². The number of fused-ring (bicyclic) bond motifs is 1. The van der Waals surface area contributed by atoms with Gasteiger partial charge in [-0.05, 0) is 29.5 Å². The Morgan fingerprint density at radius 3 is 2.60 bits per heavy atom. The lowest BCUT2D eigenvalue weighted by molar-refractivity contribution is 0.0578. The van der Waals surface area contributed by atoms with Crippen molar-refractivity contribution in [1.29, 1.82) is 0 Å². The quantitative estimate of drug-likeness (QED) is 0.915. The molecule has 0 aromatic heterocycles. The van der Waals surface area contributed by atoms with E-state index >= 15 is 0 Å². The summed E-state index contributed by atoms with van der Waals surface area (Å²) >= 11 is 0. The SMILES string of the molecule is COC1c2ccccc2CC[C@H]1NCc1ccccc1. The molecule has 0 fully saturated rings. The predicted octanol–water partition coefficient (Wildman–Crippen LogP) is 3.48. The molecule has 0 radical (unpaired) electrons. The van der Waals surface area contributed by atoms with E-state index in [1.54, 1.807) is 0 Å². The average Bonchev–Trinajstić information content (AvgIpc) is 2.53. The maximum atomic E-state index is 5.76. The number of methoxy groups -OCH3 is 1. The first kappa shape index (κ1) is 13.3. The third-order valence-corrected chi connectivity index (χ3v) is 4.12. The zero-order valence-electron chi connectivity index (χ0n) is 11.9. The van der Waals surface area contributed by atoms with E-state index in [0.29, 0.717) is 6.04 Å². The molecule has 0 saturated heterocycles. The Balaban J connectivity index is 1.71. The number of rotatable bonds is 4. The fourth-order valence-corrected chi connectivity index (χ4v) is 3.06. The monoisotopic (exact) mass is 267 g/mol. The molecule has 0 amide bonds. The van der Waals surface area contributed by atoms with Crippen LogP contribution in [0.2, 0.25) is 0 Å². The van der Waals surface area contributed by atoms with Crippen LogP contribution < -0.4 is 5.32 Å². The average molecular weight is 267 g/mol. The van der Waals surface area contributed by atoms with Gasteiger partial charge >= 0.3 is 0 Å². The highest BCUT2D eigenvalue weighted by Crippen LogP contribution is 2.32. The molecule has 0 heterocycles. The molecular formula is C18H21NO. The minimum atomic E-state index is 0.156. The van der Waals surface area contributed by atoms with Crippen LogP contribution in [0.3, 0.4) is 0 Å². The minimum Gasteiger partial charge on any atom is -0.375 e. The molecule has 1 unspecified atom stereocenters. The fourth-order valence-electron chi connectivity index (χ4n) is 3.06. The summed E-state index contributed by atoms with van der Waals surface area (Å²) in [6, 6.07) is 19.6. The summed E-state index contributed by atoms with van der Waals surface area (Å²) in [4.78, 5) is 0. The Labute approximate surface area is 120 Å². The van der Waals surface area contributed by atoms with E-state index in [1.165, 1.54) is 16.7 Å². The molecule has 1 N–H and O–H groups in total. The van der Waals surface area contributed by atoms with Gasteiger partial charge in [-0.2, -0.15) is 0 Å². The summed E-state index contributed by atoms with van der Waals surface area (Å²) < 4.78 is 5.76. The fraction of sp³-hybridized carbons (Fsp3) is 0.333. The topological polar surface area (TPSA) is 21.3 Å². The highest BCUT2D eigenvalue weighted by atomic mass is 16.5. The molecule has 1 aliphatic rings. The van der Waals surface area contributed by atoms with Crippen LogP contribution in [0.25, 0.3) is 0 Å². The number of aryl methyl sites for hydroxylation is 1. The van der Waals surface area contributed by atoms with Crippen molar-refractivity contribution in [2.24, 2.45) is 0 Å². The molecule has 0 saturated carbocycles. The molecule has 3 rings (SSSR count). The summed E-state index contributed by atoms with van der Waals surface area (Å²) in [5.41, 5.74) is 4.09. The first-order chi connectivity index (χ1) is 9.88. The van der Waals surface area contributed by atoms with Gasteiger partial charge in [0.05, 0.1) is 6.10 Å². The second-order valence-electron chi connectivity index (χ2n) is 5.37. The molecule has 2 atom stereocenters. The van der Waals surface area contributed by atoms with Crippen LogP contribution in [0.4, 0.5) is 0 Å². The first-order valence-corrected chi connectivity index (χ1v) is 7.26. The van der Waals surface area contributed by atoms with Crippen LogP contribution in [0.5, 0.6) is 0 Å². The minimum absolute atomic E-state index is 0.156. The van der Waals surface area contributed by atoms with Crippen molar-refractivity contribution in [2.75, 3.05) is 7.11 Å². The summed E-state index contributed by atoms with van der Waals surface area (Å²) in [7, 11) is 1.81. The standard InChI is InChI=1S/C18H21NO/c1-20-18-16-10-6-5-9-15(16)11-12-17(18)19-13-14-7-3-2-4-8-14/h2-10,17-19H,11-13H2,1H3/t17-,18?/m1/s1. The zero-order valence-corrected chi connectivity index (χ0v) is 11.9. The molecule has 0 bridgehead atoms. The zero-order chi connectivity index (χ0) is 13.8. The van der Waals surface area contributed by atoms with E-state index in [4.69, 9.17) is 4.74 Å². The lowest BCUT2D eigenvalue weighted by Gasteiger charge is -2.33. The second kappa shape index (κ2) is 6.21. The Hall–Kier alpha value is -1.64. The molecule has 0 aliphatic heterocycles. The second-order valence-corrected chi connectivity index (χ2v) is 5.37. The Morgan fingerprint density at radius 1 is 1.05 bits per heavy atom. The third-order valence-electron chi connectivity index (χ3n) is 4.12. The largest absolute Gasteiger partial charge is 0.375 e. The molecular weight excluding hydrogens is 246 g/mol. The van der Waals surface area contributed by atoms with Crippen molar-refractivity contribution in [1.82, 2.24) is 5.32 Å². The van der Waals surface area contributed by atoms with E-state index in [0.717, 1.165) is 19.4 Å². The Bertz CT molecular complexity index is 552. The number of ether oxygens (including phenoxy) is 1. The van der Waals surface area contributed by atoms with E-state index in [-0.39, 0.29) is 6.10 Å². The normalized spacial score (nSPS) is 21.4. The Kier molecular flexibility index (Phi) is 4.14. The maximum absolute atomic E-state index is 5.76. The van der Waals surface area contributed by atoms with Gasteiger partial charge in [-0.25, -0.2) is 0 Å². The molecule has 2 aromatic carbocycles. The van der Waals surface area contributed by atoms with Gasteiger partial charge in [0.2, 0.25) is 0 Å². The summed E-state index contributed by atoms with van der Waals surface area (Å²) in [5.74, 6) is 0. The number of hydrogen-bond acceptors (Lipinski definition) is 2. The molecule has 0 spiro atoms. The summed E-state index contributed by atoms with van der Waals surface area (Å²) in [6.45, 7) is 0.896. The van der Waals surface area contributed by atoms with Crippen LogP contribution in [0.15, 0.2) is 54.6 Å². The van der Waals surface area contributed by atoms with Crippen LogP contribution in [0, 0.1) is 0 Å². The highest BCUT2D eigenvalue weighted by Gasteiger charge is 2.28. The van der Waals surface area contributed by atoms with Crippen LogP contribution >= 0.6 is 0 Å². The smallest absolute Gasteiger partial charge is 0.0976 e. The van der Waals surface area contributed by atoms with Gasteiger partial charge in [0.25, 0.3) is 0 Å². The van der Waals surface area contributed by atoms with Crippen molar-refractivity contribution >= 4 is 0 Å². The van der Waals surface area contributed by atoms with E-state index in [1.807, 2.05) is 7.11 Å². The molecule has 1 aliphatic carbocycles. The molecule has 2 nitrogen and oxygen atoms in total. The van der Waals surface area contributed by atoms with Crippen molar-refractivity contribution in [2.45, 2.75) is 31.5 Å². The summed E-state index contributed by atoms with van der Waals surface area (Å²) in [6.07, 6.45) is 2.41. The number of hydrogen-bond donors (Lipinski definition) is 1. The highest BCUT2D eigenvalue weighted by molar-refractivity contribution is 5.33. The predicted molar refractivity (Wildman–Crippen MR) is 81.6 cm³/mol. The maximum Gasteiger partial charge on any atom is 0.0976 e. The first-order valence-electron chi connectivity index (χ1n) is 7.26. The van der Waals surface area contributed by atoms with Crippen LogP contribution in [-0.4, -0.2) is 13.2 Å². The van der Waals surface area contributed by atoms with E-state index < -0.39 is 0 Å². The van der Waals surface area contributed by atoms with Gasteiger partial charge < -0.3 is 10.1 Å². The lowest BCUT2D eigenvalue weighted by atomic mass is 9.85. The van der Waals surface area contributed by atoms with E-state index in [9.17, 15) is 0 Å². The van der Waals surface area contributed by atoms with Gasteiger partial charge in [0, 0.05) is 19.7 Å². The van der Waals surface area contributed by atoms with Gasteiger partial charge in [-0.1, -0.05) is 54.6 Å². The van der Waals surface area contributed by atoms with Gasteiger partial charge in [0.15, 0.2) is 0 Å². The lowest BCUT2D eigenvalue weighted by Crippen LogP contribution is -2.38. The van der Waals surface area contributed by atoms with Crippen molar-refractivity contribution < 1.29 is 4.74 Å². The summed E-state index contributed by atoms with van der Waals surface area (Å²) in [5, 5.41) is 3.65. The molecule has 2 aromatic rings. The van der Waals surface area contributed by atoms with E-state index in [2.05, 4.69) is 59.9 Å². The molecule has 2 heteroatoms. The Morgan fingerprint density at radius 2 is 1.80 bits per heavy atom. The number of benzene rings is 2. The van der Waals surface area contributed by atoms with Gasteiger partial charge in [0.1, 0.15) is 0 Å². The molecule has 20 heavy (non-hydrogen) atoms. The van der Waals surface area contributed by atoms with Gasteiger partial charge in [-0.15, -0.1) is 0 Å². The van der Waals surface area contributed by atoms with Crippen LogP contribution in [0.1, 0.15) is 29.2 Å². The van der Waals surface area contributed by atoms with Crippen LogP contribution in [-0.2, 0) is 17.7 Å². The van der Waals surface area contributed by atoms with Crippen molar-refractivity contribution in [3.05, 3.63) is 71.3 Å². The van der Waals surface area contributed by atoms with Gasteiger partial charge in [-0.3, -0.25) is 0 Å².